The molecule has 0 heterocycles. The van der Waals surface area contributed by atoms with Crippen LogP contribution in [0.1, 0.15) is 80.1 Å². The summed E-state index contributed by atoms with van der Waals surface area (Å²) in [6.45, 7) is 11.7. The monoisotopic (exact) mass is 392 g/mol. The van der Waals surface area contributed by atoms with Gasteiger partial charge >= 0.3 is 21.7 Å². The maximum Gasteiger partial charge on any atom is 4.00 e. The molecule has 25 heavy (non-hydrogen) atoms. The Morgan fingerprint density at radius 2 is 0.880 bits per heavy atom. The summed E-state index contributed by atoms with van der Waals surface area (Å²) < 4.78 is 0. The number of carboxylic acid groups (broad SMARTS) is 2. The second-order valence-electron chi connectivity index (χ2n) is 4.83. The summed E-state index contributed by atoms with van der Waals surface area (Å²) in [4.78, 5) is 40.4. The first-order chi connectivity index (χ1) is 11.2. The molecule has 0 spiro atoms. The van der Waals surface area contributed by atoms with Gasteiger partial charge in [0.25, 0.3) is 0 Å². The van der Waals surface area contributed by atoms with Crippen LogP contribution in [-0.2, 0) is 40.9 Å². The fourth-order valence-electron chi connectivity index (χ4n) is 1.06. The molecule has 0 amide bonds. The first-order valence-electron chi connectivity index (χ1n) is 8.07. The molecule has 0 bridgehead atoms. The molecule has 0 atom stereocenters. The van der Waals surface area contributed by atoms with Gasteiger partial charge in [-0.3, -0.25) is 9.59 Å². The third-order valence-electron chi connectivity index (χ3n) is 1.74. The Morgan fingerprint density at radius 3 is 1.00 bits per heavy atom. The van der Waals surface area contributed by atoms with Crippen LogP contribution in [0, 0.1) is 12.8 Å². The van der Waals surface area contributed by atoms with Crippen molar-refractivity contribution in [2.24, 2.45) is 0 Å². The van der Waals surface area contributed by atoms with E-state index in [0.29, 0.717) is 25.7 Å². The van der Waals surface area contributed by atoms with E-state index in [-0.39, 0.29) is 33.3 Å². The van der Waals surface area contributed by atoms with Gasteiger partial charge in [-0.2, -0.15) is 27.7 Å². The largest absolute Gasteiger partial charge is 4.00 e. The third-order valence-corrected chi connectivity index (χ3v) is 1.74. The van der Waals surface area contributed by atoms with Gasteiger partial charge in [-0.05, 0) is 12.8 Å². The van der Waals surface area contributed by atoms with Gasteiger partial charge in [0, 0.05) is 37.6 Å². The fourth-order valence-corrected chi connectivity index (χ4v) is 1.06. The van der Waals surface area contributed by atoms with E-state index in [4.69, 9.17) is 0 Å². The topological polar surface area (TPSA) is 114 Å². The molecule has 0 radical (unpaired) electrons. The summed E-state index contributed by atoms with van der Waals surface area (Å²) in [6, 6.07) is 0. The van der Waals surface area contributed by atoms with Crippen LogP contribution < -0.4 is 10.2 Å². The molecule has 0 saturated heterocycles. The van der Waals surface area contributed by atoms with Gasteiger partial charge in [0.05, 0.1) is 0 Å². The van der Waals surface area contributed by atoms with Crippen LogP contribution in [0.4, 0.5) is 0 Å². The molecule has 144 valence electrons. The van der Waals surface area contributed by atoms with Crippen LogP contribution >= 0.6 is 0 Å². The molecular weight excluding hydrogens is 360 g/mol. The molecule has 0 aliphatic rings. The van der Waals surface area contributed by atoms with E-state index >= 15 is 0 Å². The Kier molecular flexibility index (Phi) is 43.4. The molecule has 0 aromatic heterocycles. The minimum absolute atomic E-state index is 0. The Balaban J connectivity index is -0.0000000788. The van der Waals surface area contributed by atoms with Crippen molar-refractivity contribution in [1.29, 1.82) is 0 Å². The van der Waals surface area contributed by atoms with Crippen LogP contribution in [0.5, 0.6) is 0 Å². The van der Waals surface area contributed by atoms with Crippen molar-refractivity contribution in [2.75, 3.05) is 0 Å². The second-order valence-corrected chi connectivity index (χ2v) is 4.83. The molecular formula is C18H32O6Ti. The summed E-state index contributed by atoms with van der Waals surface area (Å²) in [6.07, 6.45) is 5.21. The van der Waals surface area contributed by atoms with Gasteiger partial charge in [-0.15, -0.1) is 0 Å². The third kappa shape index (κ3) is 60.0. The smallest absolute Gasteiger partial charge is 0.550 e. The van der Waals surface area contributed by atoms with Crippen LogP contribution in [0.3, 0.4) is 0 Å². The minimum Gasteiger partial charge on any atom is -0.550 e. The molecule has 0 fully saturated rings. The van der Waals surface area contributed by atoms with Crippen molar-refractivity contribution in [3.05, 3.63) is 12.8 Å². The Labute approximate surface area is 167 Å². The van der Waals surface area contributed by atoms with Crippen molar-refractivity contribution >= 4 is 23.5 Å². The first kappa shape index (κ1) is 35.2. The normalized spacial score (nSPS) is 7.92. The average molecular weight is 392 g/mol. The molecule has 6 nitrogen and oxygen atoms in total. The van der Waals surface area contributed by atoms with Crippen molar-refractivity contribution < 1.29 is 51.1 Å². The molecule has 7 heteroatoms. The standard InChI is InChI=1S/2C6H10O3.2C3H7.Ti/c2*1-2-3-5(7)4-6(8)9;2*1-3-2;/h2*2-4H2,1H3,(H,8,9);2*3H,1-2H3;/q;;2*-1;+4/p-2. The zero-order valence-corrected chi connectivity index (χ0v) is 17.9. The van der Waals surface area contributed by atoms with E-state index in [9.17, 15) is 29.4 Å². The van der Waals surface area contributed by atoms with Crippen LogP contribution in [0.15, 0.2) is 0 Å². The van der Waals surface area contributed by atoms with Crippen molar-refractivity contribution in [2.45, 2.75) is 80.1 Å². The molecule has 0 aliphatic heterocycles. The van der Waals surface area contributed by atoms with Gasteiger partial charge in [-0.1, -0.05) is 13.8 Å². The predicted octanol–water partition coefficient (Wildman–Crippen LogP) is 1.45. The molecule has 0 rings (SSSR count). The number of hydrogen-bond donors (Lipinski definition) is 0. The molecule has 0 aromatic rings. The minimum atomic E-state index is -1.28. The number of carbonyl (C=O) groups is 4. The summed E-state index contributed by atoms with van der Waals surface area (Å²) in [7, 11) is 0. The summed E-state index contributed by atoms with van der Waals surface area (Å²) >= 11 is 0. The molecule has 0 saturated carbocycles. The SMILES string of the molecule is CCCC(=O)CC(=O)[O-].CCCC(=O)CC(=O)[O-].C[CH-]C.C[CH-]C.[Ti+4]. The van der Waals surface area contributed by atoms with E-state index in [0.717, 1.165) is 0 Å². The molecule has 0 aliphatic carbocycles. The molecule has 0 unspecified atom stereocenters. The van der Waals surface area contributed by atoms with Crippen molar-refractivity contribution in [3.63, 3.8) is 0 Å². The van der Waals surface area contributed by atoms with E-state index in [1.165, 1.54) is 0 Å². The fraction of sp³-hybridized carbons (Fsp3) is 0.667. The Morgan fingerprint density at radius 1 is 0.680 bits per heavy atom. The summed E-state index contributed by atoms with van der Waals surface area (Å²) in [5.74, 6) is -3.07. The summed E-state index contributed by atoms with van der Waals surface area (Å²) in [5, 5.41) is 19.5. The zero-order chi connectivity index (χ0) is 20.0. The molecule has 0 N–H and O–H groups in total. The summed E-state index contributed by atoms with van der Waals surface area (Å²) in [5.41, 5.74) is 0. The van der Waals surface area contributed by atoms with Gasteiger partial charge < -0.3 is 32.6 Å². The quantitative estimate of drug-likeness (QED) is 0.351. The maximum absolute atomic E-state index is 10.4. The van der Waals surface area contributed by atoms with Gasteiger partial charge in [0.1, 0.15) is 11.6 Å². The predicted molar refractivity (Wildman–Crippen MR) is 90.4 cm³/mol. The van der Waals surface area contributed by atoms with Crippen LogP contribution in [0.2, 0.25) is 0 Å². The van der Waals surface area contributed by atoms with Crippen LogP contribution in [-0.4, -0.2) is 23.5 Å². The van der Waals surface area contributed by atoms with Crippen molar-refractivity contribution in [3.8, 4) is 0 Å². The first-order valence-corrected chi connectivity index (χ1v) is 8.07. The number of aliphatic carboxylic acids is 2. The van der Waals surface area contributed by atoms with Gasteiger partial charge in [0.15, 0.2) is 0 Å². The Hall–Kier alpha value is -1.01. The number of ketones is 2. The van der Waals surface area contributed by atoms with E-state index < -0.39 is 24.8 Å². The van der Waals surface area contributed by atoms with E-state index in [1.807, 2.05) is 54.4 Å². The number of Topliss-reactive ketones (excluding diaryl/α,β-unsaturated/α-hetero) is 2. The maximum atomic E-state index is 10.4. The number of hydrogen-bond acceptors (Lipinski definition) is 6. The van der Waals surface area contributed by atoms with Gasteiger partial charge in [-0.25, -0.2) is 0 Å². The number of rotatable bonds is 8. The van der Waals surface area contributed by atoms with Crippen LogP contribution in [0.25, 0.3) is 0 Å². The zero-order valence-electron chi connectivity index (χ0n) is 16.3. The van der Waals surface area contributed by atoms with Gasteiger partial charge in [0.2, 0.25) is 0 Å². The average Bonchev–Trinajstić information content (AvgIpc) is 2.39. The van der Waals surface area contributed by atoms with Crippen molar-refractivity contribution in [1.82, 2.24) is 0 Å². The number of carboxylic acids is 2. The Bertz CT molecular complexity index is 298. The second kappa shape index (κ2) is 30.8. The molecule has 0 aromatic carbocycles. The number of carbonyl (C=O) groups excluding carboxylic acids is 4. The van der Waals surface area contributed by atoms with E-state index in [1.54, 1.807) is 0 Å². The van der Waals surface area contributed by atoms with E-state index in [2.05, 4.69) is 0 Å².